The summed E-state index contributed by atoms with van der Waals surface area (Å²) in [4.78, 5) is 0. The quantitative estimate of drug-likeness (QED) is 0.339. The first-order valence-corrected chi connectivity index (χ1v) is 14.4. The highest BCUT2D eigenvalue weighted by Gasteiger charge is 2.54. The average molecular weight is 520 g/mol. The van der Waals surface area contributed by atoms with Gasteiger partial charge in [-0.3, -0.25) is 4.31 Å². The molecule has 2 bridgehead atoms. The van der Waals surface area contributed by atoms with Crippen molar-refractivity contribution in [2.45, 2.75) is 50.6 Å². The van der Waals surface area contributed by atoms with E-state index in [4.69, 9.17) is 9.47 Å². The molecule has 194 valence electrons. The number of phenolic OH excluding ortho intramolecular Hbond substituents is 1. The third kappa shape index (κ3) is 4.86. The van der Waals surface area contributed by atoms with Gasteiger partial charge in [0.1, 0.15) is 22.9 Å². The van der Waals surface area contributed by atoms with Crippen LogP contribution in [-0.4, -0.2) is 44.1 Å². The lowest BCUT2D eigenvalue weighted by atomic mass is 9.83. The maximum Gasteiger partial charge on any atom is 0.241 e. The molecule has 1 fully saturated rings. The van der Waals surface area contributed by atoms with Gasteiger partial charge in [-0.25, -0.2) is 8.42 Å². The van der Waals surface area contributed by atoms with Crippen LogP contribution in [0.3, 0.4) is 0 Å². The molecular formula is C30H33NO5S. The molecular weight excluding hydrogens is 486 g/mol. The summed E-state index contributed by atoms with van der Waals surface area (Å²) in [5, 5.41) is 9.13. The lowest BCUT2D eigenvalue weighted by Crippen LogP contribution is -2.43. The van der Waals surface area contributed by atoms with Crippen LogP contribution in [0, 0.1) is 0 Å². The van der Waals surface area contributed by atoms with Crippen molar-refractivity contribution in [3.05, 3.63) is 90.0 Å². The Hall–Kier alpha value is -3.29. The van der Waals surface area contributed by atoms with Gasteiger partial charge in [0.15, 0.2) is 0 Å². The fourth-order valence-corrected chi connectivity index (χ4v) is 7.37. The van der Waals surface area contributed by atoms with Crippen molar-refractivity contribution in [3.8, 4) is 11.5 Å². The zero-order valence-corrected chi connectivity index (χ0v) is 22.0. The number of sulfonamides is 1. The predicted octanol–water partition coefficient (Wildman–Crippen LogP) is 5.88. The van der Waals surface area contributed by atoms with Crippen LogP contribution >= 0.6 is 0 Å². The van der Waals surface area contributed by atoms with Gasteiger partial charge in [0, 0.05) is 6.54 Å². The lowest BCUT2D eigenvalue weighted by molar-refractivity contribution is 0.128. The maximum absolute atomic E-state index is 14.0. The minimum Gasteiger partial charge on any atom is -0.508 e. The summed E-state index contributed by atoms with van der Waals surface area (Å²) in [6.07, 6.45) is 1.50. The Kier molecular flexibility index (Phi) is 7.26. The highest BCUT2D eigenvalue weighted by atomic mass is 32.2. The first-order chi connectivity index (χ1) is 17.9. The summed E-state index contributed by atoms with van der Waals surface area (Å²) in [5.41, 5.74) is 4.38. The number of aromatic hydroxyl groups is 1. The Balaban J connectivity index is 1.54. The Morgan fingerprint density at radius 2 is 1.57 bits per heavy atom. The molecule has 37 heavy (non-hydrogen) atoms. The molecule has 0 aromatic heterocycles. The molecule has 0 radical (unpaired) electrons. The SMILES string of the molecule is CCCCOc1ccc(C2=C(c3ccc(O)cc3)[C@H]3C[C@H](S(=O)(=O)N(CC)c4ccccc4)[C@@H]2O3)cc1. The molecule has 0 spiro atoms. The highest BCUT2D eigenvalue weighted by Crippen LogP contribution is 2.51. The van der Waals surface area contributed by atoms with E-state index in [-0.39, 0.29) is 11.9 Å². The van der Waals surface area contributed by atoms with E-state index in [1.54, 1.807) is 12.1 Å². The summed E-state index contributed by atoms with van der Waals surface area (Å²) in [6, 6.07) is 24.1. The minimum atomic E-state index is -3.70. The molecule has 1 N–H and O–H groups in total. The number of hydrogen-bond acceptors (Lipinski definition) is 5. The standard InChI is InChI=1S/C30H33NO5S/c1-3-5-19-35-25-17-13-22(14-18-25)29-28(21-11-15-24(32)16-12-21)26-20-27(30(29)36-26)37(33,34)31(4-2)23-9-7-6-8-10-23/h6-18,26-27,30,32H,3-5,19-20H2,1-2H3/t26-,27+,30+/m1/s1. The van der Waals surface area contributed by atoms with Crippen LogP contribution in [0.2, 0.25) is 0 Å². The van der Waals surface area contributed by atoms with E-state index >= 15 is 0 Å². The van der Waals surface area contributed by atoms with Crippen molar-refractivity contribution < 1.29 is 23.0 Å². The summed E-state index contributed by atoms with van der Waals surface area (Å²) < 4.78 is 41.7. The van der Waals surface area contributed by atoms with Gasteiger partial charge in [0.25, 0.3) is 0 Å². The Labute approximate surface area is 219 Å². The first-order valence-electron chi connectivity index (χ1n) is 12.9. The number of hydrogen-bond donors (Lipinski definition) is 1. The van der Waals surface area contributed by atoms with Gasteiger partial charge in [0.2, 0.25) is 10.0 Å². The molecule has 5 rings (SSSR count). The van der Waals surface area contributed by atoms with Gasteiger partial charge in [-0.1, -0.05) is 55.8 Å². The molecule has 0 saturated carbocycles. The molecule has 1 saturated heterocycles. The van der Waals surface area contributed by atoms with Crippen LogP contribution < -0.4 is 9.04 Å². The number of unbranched alkanes of at least 4 members (excludes halogenated alkanes) is 1. The van der Waals surface area contributed by atoms with Crippen LogP contribution in [0.25, 0.3) is 11.1 Å². The maximum atomic E-state index is 14.0. The topological polar surface area (TPSA) is 76.1 Å². The third-order valence-electron chi connectivity index (χ3n) is 7.12. The normalized spacial score (nSPS) is 20.9. The van der Waals surface area contributed by atoms with Gasteiger partial charge >= 0.3 is 0 Å². The number of fused-ring (bicyclic) bond motifs is 2. The second-order valence-corrected chi connectivity index (χ2v) is 11.5. The van der Waals surface area contributed by atoms with Crippen LogP contribution in [0.4, 0.5) is 5.69 Å². The number of benzene rings is 3. The Morgan fingerprint density at radius 3 is 2.22 bits per heavy atom. The number of anilines is 1. The second-order valence-electron chi connectivity index (χ2n) is 9.47. The first kappa shape index (κ1) is 25.4. The van der Waals surface area contributed by atoms with Crippen LogP contribution in [-0.2, 0) is 14.8 Å². The van der Waals surface area contributed by atoms with Crippen molar-refractivity contribution in [1.29, 1.82) is 0 Å². The fourth-order valence-electron chi connectivity index (χ4n) is 5.33. The smallest absolute Gasteiger partial charge is 0.241 e. The zero-order valence-electron chi connectivity index (χ0n) is 21.2. The van der Waals surface area contributed by atoms with E-state index < -0.39 is 21.4 Å². The van der Waals surface area contributed by atoms with E-state index in [1.807, 2.05) is 73.7 Å². The van der Waals surface area contributed by atoms with E-state index in [2.05, 4.69) is 6.92 Å². The van der Waals surface area contributed by atoms with E-state index in [9.17, 15) is 13.5 Å². The number of ether oxygens (including phenoxy) is 2. The predicted molar refractivity (Wildman–Crippen MR) is 147 cm³/mol. The molecule has 2 aliphatic rings. The molecule has 2 aliphatic heterocycles. The molecule has 3 aromatic rings. The van der Waals surface area contributed by atoms with Gasteiger partial charge in [-0.05, 0) is 78.4 Å². The number of rotatable bonds is 10. The van der Waals surface area contributed by atoms with Crippen molar-refractivity contribution in [3.63, 3.8) is 0 Å². The van der Waals surface area contributed by atoms with Gasteiger partial charge in [-0.2, -0.15) is 0 Å². The largest absolute Gasteiger partial charge is 0.508 e. The lowest BCUT2D eigenvalue weighted by Gasteiger charge is -2.31. The van der Waals surface area contributed by atoms with Crippen molar-refractivity contribution in [2.24, 2.45) is 0 Å². The van der Waals surface area contributed by atoms with Crippen molar-refractivity contribution >= 4 is 26.9 Å². The van der Waals surface area contributed by atoms with Crippen LogP contribution in [0.5, 0.6) is 11.5 Å². The number of phenols is 1. The van der Waals surface area contributed by atoms with Crippen LogP contribution in [0.1, 0.15) is 44.2 Å². The number of para-hydroxylation sites is 1. The number of nitrogens with zero attached hydrogens (tertiary/aromatic N) is 1. The minimum absolute atomic E-state index is 0.186. The average Bonchev–Trinajstić information content (AvgIpc) is 3.51. The molecule has 0 aliphatic carbocycles. The Bertz CT molecular complexity index is 1350. The molecule has 3 aromatic carbocycles. The summed E-state index contributed by atoms with van der Waals surface area (Å²) in [7, 11) is -3.70. The van der Waals surface area contributed by atoms with Gasteiger partial charge < -0.3 is 14.6 Å². The fraction of sp³-hybridized carbons (Fsp3) is 0.333. The van der Waals surface area contributed by atoms with Crippen molar-refractivity contribution in [2.75, 3.05) is 17.5 Å². The van der Waals surface area contributed by atoms with Gasteiger partial charge in [-0.15, -0.1) is 0 Å². The second kappa shape index (κ2) is 10.6. The zero-order chi connectivity index (χ0) is 26.0. The molecule has 2 heterocycles. The van der Waals surface area contributed by atoms with E-state index in [1.165, 1.54) is 4.31 Å². The molecule has 0 amide bonds. The van der Waals surface area contributed by atoms with E-state index in [0.29, 0.717) is 25.3 Å². The molecule has 6 nitrogen and oxygen atoms in total. The molecule has 3 atom stereocenters. The molecule has 7 heteroatoms. The van der Waals surface area contributed by atoms with Crippen LogP contribution in [0.15, 0.2) is 78.9 Å². The van der Waals surface area contributed by atoms with Crippen molar-refractivity contribution in [1.82, 2.24) is 0 Å². The Morgan fingerprint density at radius 1 is 0.919 bits per heavy atom. The summed E-state index contributed by atoms with van der Waals surface area (Å²) in [6.45, 7) is 4.99. The highest BCUT2D eigenvalue weighted by molar-refractivity contribution is 7.93. The monoisotopic (exact) mass is 519 g/mol. The van der Waals surface area contributed by atoms with E-state index in [0.717, 1.165) is 40.9 Å². The summed E-state index contributed by atoms with van der Waals surface area (Å²) in [5.74, 6) is 0.976. The van der Waals surface area contributed by atoms with Gasteiger partial charge in [0.05, 0.1) is 18.4 Å². The third-order valence-corrected chi connectivity index (χ3v) is 9.41. The summed E-state index contributed by atoms with van der Waals surface area (Å²) >= 11 is 0. The molecule has 0 unspecified atom stereocenters.